The molecule has 0 aliphatic carbocycles. The SMILES string of the molecule is CCc1nc2ccccc2n1-c1cc(N)nc(Nc2ccc(OC)cc2)n1.CCc1nc2ccccc2n1-c1cc(N)nc(Nc2ccccc2C)n1. The zero-order valence-corrected chi connectivity index (χ0v) is 29.9. The van der Waals surface area contributed by atoms with Gasteiger partial charge in [0, 0.05) is 36.3 Å². The molecule has 0 spiro atoms. The van der Waals surface area contributed by atoms with Gasteiger partial charge in [0.15, 0.2) is 0 Å². The summed E-state index contributed by atoms with van der Waals surface area (Å²) in [5.74, 6) is 5.72. The zero-order valence-electron chi connectivity index (χ0n) is 29.9. The number of hydrogen-bond donors (Lipinski definition) is 4. The van der Waals surface area contributed by atoms with Gasteiger partial charge in [0.1, 0.15) is 40.7 Å². The number of nitrogen functional groups attached to an aromatic ring is 2. The molecule has 6 N–H and O–H groups in total. The van der Waals surface area contributed by atoms with Crippen LogP contribution >= 0.6 is 0 Å². The number of benzene rings is 4. The molecule has 0 atom stereocenters. The van der Waals surface area contributed by atoms with Crippen molar-refractivity contribution in [2.75, 3.05) is 29.2 Å². The van der Waals surface area contributed by atoms with Crippen molar-refractivity contribution in [3.8, 4) is 17.4 Å². The number of anilines is 6. The fraction of sp³-hybridized carbons (Fsp3) is 0.150. The molecule has 0 aliphatic rings. The van der Waals surface area contributed by atoms with Crippen LogP contribution in [0.3, 0.4) is 0 Å². The van der Waals surface area contributed by atoms with Gasteiger partial charge in [-0.1, -0.05) is 56.3 Å². The summed E-state index contributed by atoms with van der Waals surface area (Å²) in [5.41, 5.74) is 18.9. The number of nitrogens with two attached hydrogens (primary N) is 2. The number of imidazole rings is 2. The van der Waals surface area contributed by atoms with Crippen LogP contribution in [0.2, 0.25) is 0 Å². The average Bonchev–Trinajstić information content (AvgIpc) is 3.74. The lowest BCUT2D eigenvalue weighted by molar-refractivity contribution is 0.415. The number of ether oxygens (including phenoxy) is 1. The quantitative estimate of drug-likeness (QED) is 0.116. The molecule has 8 aromatic rings. The van der Waals surface area contributed by atoms with Gasteiger partial charge in [-0.3, -0.25) is 9.13 Å². The first kappa shape index (κ1) is 34.4. The highest BCUT2D eigenvalue weighted by Gasteiger charge is 2.16. The van der Waals surface area contributed by atoms with E-state index in [1.165, 1.54) is 0 Å². The Kier molecular flexibility index (Phi) is 9.79. The van der Waals surface area contributed by atoms with Crippen LogP contribution in [-0.2, 0) is 12.8 Å². The maximum atomic E-state index is 6.07. The number of methoxy groups -OCH3 is 1. The van der Waals surface area contributed by atoms with E-state index in [1.807, 2.05) is 113 Å². The van der Waals surface area contributed by atoms with Gasteiger partial charge in [0.05, 0.1) is 29.2 Å². The number of nitrogens with zero attached hydrogens (tertiary/aromatic N) is 8. The lowest BCUT2D eigenvalue weighted by atomic mass is 10.2. The summed E-state index contributed by atoms with van der Waals surface area (Å²) in [7, 11) is 1.64. The minimum atomic E-state index is 0.385. The Morgan fingerprint density at radius 2 is 1.08 bits per heavy atom. The van der Waals surface area contributed by atoms with E-state index in [-0.39, 0.29) is 0 Å². The number of nitrogens with one attached hydrogen (secondary N) is 2. The Morgan fingerprint density at radius 3 is 1.58 bits per heavy atom. The fourth-order valence-corrected chi connectivity index (χ4v) is 6.02. The molecule has 0 unspecified atom stereocenters. The Balaban J connectivity index is 0.000000164. The summed E-state index contributed by atoms with van der Waals surface area (Å²) in [6.45, 7) is 6.18. The molecule has 0 bridgehead atoms. The van der Waals surface area contributed by atoms with Crippen LogP contribution in [0.25, 0.3) is 33.7 Å². The molecule has 0 amide bonds. The molecule has 266 valence electrons. The van der Waals surface area contributed by atoms with Gasteiger partial charge in [-0.15, -0.1) is 0 Å². The standard InChI is InChI=1S/C20H20N6O.C20H20N6/c1-3-18-23-15-6-4-5-7-16(15)26(18)19-12-17(21)24-20(25-19)22-13-8-10-14(27-2)11-9-13;1-3-18-22-15-10-6-7-11-16(15)26(18)19-12-17(21)24-20(25-19)23-14-9-5-4-8-13(14)2/h4-12H,3H2,1-2H3,(H3,21,22,24,25);4-12H,3H2,1-2H3,(H3,21,23,24,25). The Labute approximate surface area is 306 Å². The van der Waals surface area contributed by atoms with Crippen molar-refractivity contribution in [2.45, 2.75) is 33.6 Å². The highest BCUT2D eigenvalue weighted by atomic mass is 16.5. The first-order valence-corrected chi connectivity index (χ1v) is 17.3. The van der Waals surface area contributed by atoms with E-state index in [9.17, 15) is 0 Å². The van der Waals surface area contributed by atoms with Gasteiger partial charge in [-0.05, 0) is 67.1 Å². The number of fused-ring (bicyclic) bond motifs is 2. The third kappa shape index (κ3) is 7.40. The number of rotatable bonds is 9. The van der Waals surface area contributed by atoms with Crippen molar-refractivity contribution in [2.24, 2.45) is 0 Å². The van der Waals surface area contributed by atoms with Crippen LogP contribution < -0.4 is 26.8 Å². The second-order valence-electron chi connectivity index (χ2n) is 12.2. The van der Waals surface area contributed by atoms with E-state index < -0.39 is 0 Å². The Bertz CT molecular complexity index is 2520. The molecule has 4 aromatic heterocycles. The van der Waals surface area contributed by atoms with Gasteiger partial charge < -0.3 is 26.8 Å². The second kappa shape index (κ2) is 15.1. The molecule has 13 heteroatoms. The van der Waals surface area contributed by atoms with E-state index in [1.54, 1.807) is 19.2 Å². The van der Waals surface area contributed by atoms with Crippen LogP contribution in [0.4, 0.5) is 34.9 Å². The van der Waals surface area contributed by atoms with E-state index in [4.69, 9.17) is 31.2 Å². The summed E-state index contributed by atoms with van der Waals surface area (Å²) < 4.78 is 9.24. The Morgan fingerprint density at radius 1 is 0.585 bits per heavy atom. The largest absolute Gasteiger partial charge is 0.497 e. The van der Waals surface area contributed by atoms with E-state index in [0.29, 0.717) is 35.2 Å². The molecule has 4 heterocycles. The van der Waals surface area contributed by atoms with Crippen molar-refractivity contribution >= 4 is 57.0 Å². The lowest BCUT2D eigenvalue weighted by Crippen LogP contribution is -2.08. The van der Waals surface area contributed by atoms with Crippen molar-refractivity contribution < 1.29 is 4.74 Å². The predicted molar refractivity (Wildman–Crippen MR) is 212 cm³/mol. The van der Waals surface area contributed by atoms with Crippen LogP contribution in [0, 0.1) is 6.92 Å². The molecular formula is C40H40N12O. The Hall–Kier alpha value is -7.02. The van der Waals surface area contributed by atoms with Gasteiger partial charge in [-0.2, -0.15) is 19.9 Å². The third-order valence-corrected chi connectivity index (χ3v) is 8.55. The normalized spacial score (nSPS) is 10.9. The van der Waals surface area contributed by atoms with Gasteiger partial charge in [0.2, 0.25) is 11.9 Å². The first-order valence-electron chi connectivity index (χ1n) is 17.3. The number of para-hydroxylation sites is 5. The maximum absolute atomic E-state index is 6.07. The molecule has 0 fully saturated rings. The highest BCUT2D eigenvalue weighted by Crippen LogP contribution is 2.26. The van der Waals surface area contributed by atoms with Gasteiger partial charge in [0.25, 0.3) is 0 Å². The minimum absolute atomic E-state index is 0.385. The van der Waals surface area contributed by atoms with E-state index in [0.717, 1.165) is 69.2 Å². The summed E-state index contributed by atoms with van der Waals surface area (Å²) in [6.07, 6.45) is 1.57. The predicted octanol–water partition coefficient (Wildman–Crippen LogP) is 7.72. The van der Waals surface area contributed by atoms with Gasteiger partial charge in [-0.25, -0.2) is 9.97 Å². The molecule has 0 saturated heterocycles. The number of aryl methyl sites for hydroxylation is 3. The molecule has 0 saturated carbocycles. The van der Waals surface area contributed by atoms with Crippen molar-refractivity contribution in [1.82, 2.24) is 39.0 Å². The van der Waals surface area contributed by atoms with Crippen LogP contribution in [0.15, 0.2) is 109 Å². The molecular weight excluding hydrogens is 665 g/mol. The monoisotopic (exact) mass is 704 g/mol. The average molecular weight is 705 g/mol. The molecule has 8 rings (SSSR count). The maximum Gasteiger partial charge on any atom is 0.231 e. The van der Waals surface area contributed by atoms with Crippen LogP contribution in [-0.4, -0.2) is 46.1 Å². The number of hydrogen-bond acceptors (Lipinski definition) is 11. The zero-order chi connectivity index (χ0) is 36.9. The summed E-state index contributed by atoms with van der Waals surface area (Å²) in [6, 6.07) is 35.1. The molecule has 53 heavy (non-hydrogen) atoms. The highest BCUT2D eigenvalue weighted by molar-refractivity contribution is 5.79. The minimum Gasteiger partial charge on any atom is -0.497 e. The van der Waals surface area contributed by atoms with Crippen molar-refractivity contribution in [3.63, 3.8) is 0 Å². The topological polar surface area (TPSA) is 173 Å². The van der Waals surface area contributed by atoms with E-state index >= 15 is 0 Å². The van der Waals surface area contributed by atoms with E-state index in [2.05, 4.69) is 39.4 Å². The second-order valence-corrected chi connectivity index (χ2v) is 12.2. The summed E-state index contributed by atoms with van der Waals surface area (Å²) in [5, 5.41) is 6.46. The molecule has 4 aromatic carbocycles. The van der Waals surface area contributed by atoms with Crippen molar-refractivity contribution in [3.05, 3.63) is 126 Å². The first-order chi connectivity index (χ1) is 25.8. The third-order valence-electron chi connectivity index (χ3n) is 8.55. The molecule has 0 aliphatic heterocycles. The van der Waals surface area contributed by atoms with Crippen LogP contribution in [0.1, 0.15) is 31.1 Å². The molecule has 0 radical (unpaired) electrons. The van der Waals surface area contributed by atoms with Crippen molar-refractivity contribution in [1.29, 1.82) is 0 Å². The fourth-order valence-electron chi connectivity index (χ4n) is 6.02. The summed E-state index contributed by atoms with van der Waals surface area (Å²) >= 11 is 0. The smallest absolute Gasteiger partial charge is 0.231 e. The number of aromatic nitrogens is 8. The molecule has 13 nitrogen and oxygen atoms in total. The van der Waals surface area contributed by atoms with Crippen LogP contribution in [0.5, 0.6) is 5.75 Å². The van der Waals surface area contributed by atoms with Gasteiger partial charge >= 0.3 is 0 Å². The lowest BCUT2D eigenvalue weighted by Gasteiger charge is -2.12. The summed E-state index contributed by atoms with van der Waals surface area (Å²) in [4.78, 5) is 27.4.